The van der Waals surface area contributed by atoms with Crippen molar-refractivity contribution in [3.8, 4) is 0 Å². The third-order valence-electron chi connectivity index (χ3n) is 5.06. The van der Waals surface area contributed by atoms with E-state index in [1.165, 1.54) is 21.8 Å². The molecule has 0 radical (unpaired) electrons. The number of benzene rings is 1. The van der Waals surface area contributed by atoms with Gasteiger partial charge in [-0.1, -0.05) is 30.3 Å². The smallest absolute Gasteiger partial charge is 0.261 e. The maximum absolute atomic E-state index is 12.8. The molecule has 0 spiro atoms. The molecule has 6 nitrogen and oxygen atoms in total. The van der Waals surface area contributed by atoms with Gasteiger partial charge in [0.2, 0.25) is 0 Å². The third kappa shape index (κ3) is 4.11. The van der Waals surface area contributed by atoms with E-state index >= 15 is 0 Å². The van der Waals surface area contributed by atoms with Crippen molar-refractivity contribution in [1.29, 1.82) is 0 Å². The lowest BCUT2D eigenvalue weighted by molar-refractivity contribution is -0.891. The molecule has 3 aromatic heterocycles. The second-order valence-corrected chi connectivity index (χ2v) is 8.44. The molecule has 4 rings (SSSR count). The highest BCUT2D eigenvalue weighted by Gasteiger charge is 2.23. The maximum Gasteiger partial charge on any atom is 0.261 e. The first-order valence-electron chi connectivity index (χ1n) is 9.65. The number of fused-ring (bicyclic) bond motifs is 1. The Kier molecular flexibility index (Phi) is 5.51. The van der Waals surface area contributed by atoms with Crippen LogP contribution in [-0.2, 0) is 6.54 Å². The first-order chi connectivity index (χ1) is 14.0. The lowest BCUT2D eigenvalue weighted by Crippen LogP contribution is -3.07. The number of rotatable bonds is 7. The molecule has 0 bridgehead atoms. The Hall–Kier alpha value is -2.90. The van der Waals surface area contributed by atoms with Crippen LogP contribution < -0.4 is 10.2 Å². The van der Waals surface area contributed by atoms with Crippen LogP contribution >= 0.6 is 11.3 Å². The van der Waals surface area contributed by atoms with E-state index in [0.29, 0.717) is 18.0 Å². The van der Waals surface area contributed by atoms with Gasteiger partial charge in [0.25, 0.3) is 5.91 Å². The number of nitrogens with zero attached hydrogens (tertiary/aromatic N) is 2. The van der Waals surface area contributed by atoms with E-state index < -0.39 is 0 Å². The maximum atomic E-state index is 12.8. The molecule has 2 N–H and O–H groups in total. The summed E-state index contributed by atoms with van der Waals surface area (Å²) in [5.41, 5.74) is 2.13. The van der Waals surface area contributed by atoms with Gasteiger partial charge in [0.15, 0.2) is 11.8 Å². The van der Waals surface area contributed by atoms with Crippen LogP contribution in [0.2, 0.25) is 0 Å². The van der Waals surface area contributed by atoms with Crippen LogP contribution in [0.3, 0.4) is 0 Å². The van der Waals surface area contributed by atoms with Crippen molar-refractivity contribution in [2.24, 2.45) is 0 Å². The summed E-state index contributed by atoms with van der Waals surface area (Å²) in [4.78, 5) is 15.7. The SMILES string of the molecule is Cc1nn(Cc2ccccc2)c2sc(C(=O)NC[C@H](c3ccco3)[NH+](C)C)cc12. The lowest BCUT2D eigenvalue weighted by atomic mass is 10.2. The summed E-state index contributed by atoms with van der Waals surface area (Å²) in [7, 11) is 4.11. The number of nitrogens with one attached hydrogen (secondary N) is 2. The molecular weight excluding hydrogens is 384 g/mol. The van der Waals surface area contributed by atoms with Crippen LogP contribution in [0.25, 0.3) is 10.2 Å². The molecule has 0 saturated carbocycles. The summed E-state index contributed by atoms with van der Waals surface area (Å²) in [5, 5.41) is 8.76. The van der Waals surface area contributed by atoms with Crippen molar-refractivity contribution in [3.05, 3.63) is 76.7 Å². The van der Waals surface area contributed by atoms with Gasteiger partial charge in [0, 0.05) is 5.39 Å². The lowest BCUT2D eigenvalue weighted by Gasteiger charge is -2.19. The normalized spacial score (nSPS) is 12.6. The van der Waals surface area contributed by atoms with Gasteiger partial charge in [-0.05, 0) is 30.7 Å². The molecule has 3 heterocycles. The predicted molar refractivity (Wildman–Crippen MR) is 114 cm³/mol. The molecule has 0 aliphatic carbocycles. The minimum absolute atomic E-state index is 0.0605. The van der Waals surface area contributed by atoms with Crippen molar-refractivity contribution < 1.29 is 14.1 Å². The number of hydrogen-bond acceptors (Lipinski definition) is 4. The Morgan fingerprint density at radius 3 is 2.72 bits per heavy atom. The third-order valence-corrected chi connectivity index (χ3v) is 6.20. The Bertz CT molecular complexity index is 1100. The second-order valence-electron chi connectivity index (χ2n) is 7.41. The zero-order chi connectivity index (χ0) is 20.4. The first kappa shape index (κ1) is 19.4. The fraction of sp³-hybridized carbons (Fsp3) is 0.273. The predicted octanol–water partition coefficient (Wildman–Crippen LogP) is 2.66. The van der Waals surface area contributed by atoms with Gasteiger partial charge in [-0.3, -0.25) is 9.48 Å². The van der Waals surface area contributed by atoms with E-state index in [9.17, 15) is 4.79 Å². The fourth-order valence-electron chi connectivity index (χ4n) is 3.45. The van der Waals surface area contributed by atoms with Crippen molar-refractivity contribution >= 4 is 27.5 Å². The van der Waals surface area contributed by atoms with E-state index in [0.717, 1.165) is 21.7 Å². The summed E-state index contributed by atoms with van der Waals surface area (Å²) >= 11 is 1.49. The largest absolute Gasteiger partial charge is 0.463 e. The molecule has 0 fully saturated rings. The number of aryl methyl sites for hydroxylation is 1. The number of hydrogen-bond donors (Lipinski definition) is 2. The van der Waals surface area contributed by atoms with Crippen LogP contribution in [-0.4, -0.2) is 36.3 Å². The highest BCUT2D eigenvalue weighted by molar-refractivity contribution is 7.20. The van der Waals surface area contributed by atoms with Crippen LogP contribution in [0.1, 0.15) is 32.7 Å². The molecule has 1 amide bonds. The topological polar surface area (TPSA) is 64.5 Å². The summed E-state index contributed by atoms with van der Waals surface area (Å²) in [6.45, 7) is 3.19. The zero-order valence-corrected chi connectivity index (χ0v) is 17.6. The van der Waals surface area contributed by atoms with Gasteiger partial charge < -0.3 is 14.6 Å². The van der Waals surface area contributed by atoms with Crippen LogP contribution in [0.4, 0.5) is 0 Å². The molecular formula is C22H25N4O2S+. The minimum Gasteiger partial charge on any atom is -0.463 e. The van der Waals surface area contributed by atoms with Crippen molar-refractivity contribution in [2.45, 2.75) is 19.5 Å². The highest BCUT2D eigenvalue weighted by atomic mass is 32.1. The highest BCUT2D eigenvalue weighted by Crippen LogP contribution is 2.29. The van der Waals surface area contributed by atoms with E-state index in [2.05, 4.69) is 36.6 Å². The second kappa shape index (κ2) is 8.23. The molecule has 29 heavy (non-hydrogen) atoms. The average Bonchev–Trinajstić information content (AvgIpc) is 3.42. The Morgan fingerprint density at radius 2 is 2.03 bits per heavy atom. The minimum atomic E-state index is -0.0605. The number of thiophene rings is 1. The van der Waals surface area contributed by atoms with Gasteiger partial charge in [0.05, 0.1) is 44.0 Å². The van der Waals surface area contributed by atoms with Gasteiger partial charge in [0.1, 0.15) is 4.83 Å². The Balaban J connectivity index is 1.52. The van der Waals surface area contributed by atoms with Crippen LogP contribution in [0.5, 0.6) is 0 Å². The van der Waals surface area contributed by atoms with E-state index in [-0.39, 0.29) is 11.9 Å². The molecule has 150 valence electrons. The van der Waals surface area contributed by atoms with E-state index in [1.54, 1.807) is 6.26 Å². The number of likely N-dealkylation sites (N-methyl/N-ethyl adjacent to an activating group) is 1. The molecule has 0 aliphatic heterocycles. The average molecular weight is 410 g/mol. The molecule has 0 saturated heterocycles. The molecule has 0 aliphatic rings. The molecule has 1 atom stereocenters. The number of furan rings is 1. The van der Waals surface area contributed by atoms with Crippen molar-refractivity contribution in [1.82, 2.24) is 15.1 Å². The van der Waals surface area contributed by atoms with Gasteiger partial charge in [-0.25, -0.2) is 0 Å². The summed E-state index contributed by atoms with van der Waals surface area (Å²) in [6.07, 6.45) is 1.67. The van der Waals surface area contributed by atoms with Crippen LogP contribution in [0.15, 0.2) is 59.2 Å². The van der Waals surface area contributed by atoms with E-state index in [4.69, 9.17) is 4.42 Å². The number of quaternary nitrogens is 1. The number of carbonyl (C=O) groups excluding carboxylic acids is 1. The monoisotopic (exact) mass is 409 g/mol. The molecule has 1 aromatic carbocycles. The van der Waals surface area contributed by atoms with Gasteiger partial charge >= 0.3 is 0 Å². The summed E-state index contributed by atoms with van der Waals surface area (Å²) < 4.78 is 7.52. The first-order valence-corrected chi connectivity index (χ1v) is 10.5. The number of amides is 1. The van der Waals surface area contributed by atoms with Crippen LogP contribution in [0, 0.1) is 6.92 Å². The summed E-state index contributed by atoms with van der Waals surface area (Å²) in [5.74, 6) is 0.811. The molecule has 7 heteroatoms. The molecule has 0 unspecified atom stereocenters. The standard InChI is InChI=1S/C22H24N4O2S/c1-15-17-12-20(21(27)23-13-18(25(2)3)19-10-7-11-28-19)29-22(17)26(24-15)14-16-8-5-4-6-9-16/h4-12,18H,13-14H2,1-3H3,(H,23,27)/p+1/t18-/m1/s1. The van der Waals surface area contributed by atoms with Gasteiger partial charge in [-0.15, -0.1) is 11.3 Å². The van der Waals surface area contributed by atoms with Gasteiger partial charge in [-0.2, -0.15) is 5.10 Å². The fourth-order valence-corrected chi connectivity index (χ4v) is 4.53. The number of carbonyl (C=O) groups is 1. The van der Waals surface area contributed by atoms with Crippen molar-refractivity contribution in [3.63, 3.8) is 0 Å². The number of aromatic nitrogens is 2. The summed E-state index contributed by atoms with van der Waals surface area (Å²) in [6, 6.07) is 16.1. The van der Waals surface area contributed by atoms with Crippen molar-refractivity contribution in [2.75, 3.05) is 20.6 Å². The zero-order valence-electron chi connectivity index (χ0n) is 16.8. The quantitative estimate of drug-likeness (QED) is 0.493. The Labute approximate surface area is 173 Å². The Morgan fingerprint density at radius 1 is 1.24 bits per heavy atom. The molecule has 4 aromatic rings. The van der Waals surface area contributed by atoms with E-state index in [1.807, 2.05) is 48.0 Å².